The number of benzene rings is 2. The maximum atomic E-state index is 13.2. The predicted molar refractivity (Wildman–Crippen MR) is 152 cm³/mol. The zero-order valence-electron chi connectivity index (χ0n) is 24.6. The topological polar surface area (TPSA) is 124 Å². The summed E-state index contributed by atoms with van der Waals surface area (Å²) in [6, 6.07) is 9.57. The first kappa shape index (κ1) is 36.2. The van der Waals surface area contributed by atoms with Crippen LogP contribution in [0.4, 0.5) is 26.7 Å². The van der Waals surface area contributed by atoms with Crippen LogP contribution in [0.3, 0.4) is 0 Å². The molecule has 0 saturated carbocycles. The zero-order valence-corrected chi connectivity index (χ0v) is 25.4. The minimum atomic E-state index is -4.85. The molecule has 2 N–H and O–H groups in total. The predicted octanol–water partition coefficient (Wildman–Crippen LogP) is 3.93. The van der Waals surface area contributed by atoms with Crippen LogP contribution in [-0.2, 0) is 27.3 Å². The fraction of sp³-hybridized carbons (Fsp3) is 0.444. The Balaban J connectivity index is 0.000000378. The molecule has 11 nitrogen and oxygen atoms in total. The van der Waals surface area contributed by atoms with Gasteiger partial charge in [-0.25, -0.2) is 22.0 Å². The van der Waals surface area contributed by atoms with Crippen LogP contribution in [0, 0.1) is 0 Å². The summed E-state index contributed by atoms with van der Waals surface area (Å²) < 4.78 is 93.3. The maximum absolute atomic E-state index is 13.2. The number of amides is 3. The molecule has 44 heavy (non-hydrogen) atoms. The van der Waals surface area contributed by atoms with E-state index in [-0.39, 0.29) is 49.1 Å². The Morgan fingerprint density at radius 1 is 1.00 bits per heavy atom. The number of piperazine rings is 1. The van der Waals surface area contributed by atoms with Crippen molar-refractivity contribution >= 4 is 28.3 Å². The number of carbonyl (C=O) groups is 2. The van der Waals surface area contributed by atoms with Crippen molar-refractivity contribution in [3.8, 4) is 5.75 Å². The second-order valence-electron chi connectivity index (χ2n) is 9.63. The highest BCUT2D eigenvalue weighted by Gasteiger charge is 2.33. The van der Waals surface area contributed by atoms with E-state index in [1.165, 1.54) is 33.3 Å². The first-order chi connectivity index (χ1) is 20.5. The molecule has 0 aromatic heterocycles. The van der Waals surface area contributed by atoms with Gasteiger partial charge < -0.3 is 20.0 Å². The van der Waals surface area contributed by atoms with Crippen molar-refractivity contribution in [3.63, 3.8) is 0 Å². The van der Waals surface area contributed by atoms with Gasteiger partial charge in [0, 0.05) is 58.8 Å². The third-order valence-corrected chi connectivity index (χ3v) is 7.98. The number of halogens is 5. The van der Waals surface area contributed by atoms with Crippen LogP contribution in [0.25, 0.3) is 0 Å². The summed E-state index contributed by atoms with van der Waals surface area (Å²) in [5.41, 5.74) is 0.817. The highest BCUT2D eigenvalue weighted by Crippen LogP contribution is 2.31. The normalized spacial score (nSPS) is 14.7. The average molecular weight is 651 g/mol. The Hall–Kier alpha value is -3.99. The number of carbonyl (C=O) groups excluding carboxylic acids is 2. The van der Waals surface area contributed by atoms with Crippen molar-refractivity contribution in [2.75, 3.05) is 40.3 Å². The summed E-state index contributed by atoms with van der Waals surface area (Å²) in [6.07, 6.45) is -4.49. The first-order valence-corrected chi connectivity index (χ1v) is 14.7. The van der Waals surface area contributed by atoms with E-state index in [1.807, 2.05) is 0 Å². The van der Waals surface area contributed by atoms with Gasteiger partial charge in [-0.1, -0.05) is 31.2 Å². The van der Waals surface area contributed by atoms with Gasteiger partial charge >= 0.3 is 12.4 Å². The van der Waals surface area contributed by atoms with Gasteiger partial charge in [-0.2, -0.15) is 9.41 Å². The molecule has 3 amide bonds. The number of urea groups is 1. The van der Waals surface area contributed by atoms with E-state index in [0.717, 1.165) is 29.8 Å². The van der Waals surface area contributed by atoms with Gasteiger partial charge in [0.25, 0.3) is 5.92 Å². The van der Waals surface area contributed by atoms with Crippen LogP contribution in [0.5, 0.6) is 5.75 Å². The van der Waals surface area contributed by atoms with Gasteiger partial charge in [-0.15, -0.1) is 13.2 Å². The van der Waals surface area contributed by atoms with Gasteiger partial charge in [0.1, 0.15) is 11.6 Å². The van der Waals surface area contributed by atoms with Crippen molar-refractivity contribution in [1.29, 1.82) is 0 Å². The van der Waals surface area contributed by atoms with Crippen LogP contribution in [0.1, 0.15) is 31.4 Å². The Labute approximate surface area is 252 Å². The van der Waals surface area contributed by atoms with Crippen molar-refractivity contribution in [2.24, 2.45) is 5.10 Å². The minimum Gasteiger partial charge on any atom is -0.406 e. The molecule has 3 rings (SSSR count). The van der Waals surface area contributed by atoms with Crippen LogP contribution < -0.4 is 15.4 Å². The highest BCUT2D eigenvalue weighted by atomic mass is 32.2. The molecular weight excluding hydrogens is 615 g/mol. The fourth-order valence-corrected chi connectivity index (χ4v) is 5.30. The number of hydrazone groups is 1. The fourth-order valence-electron chi connectivity index (χ4n) is 3.88. The zero-order chi connectivity index (χ0) is 33.1. The van der Waals surface area contributed by atoms with Gasteiger partial charge in [-0.3, -0.25) is 10.1 Å². The van der Waals surface area contributed by atoms with E-state index < -0.39 is 28.1 Å². The number of alkyl halides is 5. The Kier molecular flexibility index (Phi) is 12.9. The quantitative estimate of drug-likeness (QED) is 0.139. The molecule has 17 heteroatoms. The summed E-state index contributed by atoms with van der Waals surface area (Å²) in [6.45, 7) is 3.88. The summed E-state index contributed by atoms with van der Waals surface area (Å²) >= 11 is 0. The molecule has 1 aliphatic heterocycles. The molecule has 0 aliphatic carbocycles. The van der Waals surface area contributed by atoms with Crippen molar-refractivity contribution in [1.82, 2.24) is 24.8 Å². The molecule has 2 aromatic carbocycles. The minimum absolute atomic E-state index is 0.0138. The largest absolute Gasteiger partial charge is 0.573 e. The number of rotatable bonds is 9. The van der Waals surface area contributed by atoms with Crippen molar-refractivity contribution in [3.05, 3.63) is 59.7 Å². The van der Waals surface area contributed by atoms with Crippen LogP contribution >= 0.6 is 0 Å². The molecule has 1 saturated heterocycles. The Bertz CT molecular complexity index is 1360. The molecule has 1 heterocycles. The summed E-state index contributed by atoms with van der Waals surface area (Å²) in [5, 5.41) is 10.7. The lowest BCUT2D eigenvalue weighted by Crippen LogP contribution is -2.53. The molecule has 1 aliphatic rings. The van der Waals surface area contributed by atoms with Crippen LogP contribution in [0.2, 0.25) is 0 Å². The molecule has 1 fully saturated rings. The average Bonchev–Trinajstić information content (AvgIpc) is 2.95. The van der Waals surface area contributed by atoms with E-state index in [1.54, 1.807) is 33.2 Å². The Morgan fingerprint density at radius 3 is 2.05 bits per heavy atom. The summed E-state index contributed by atoms with van der Waals surface area (Å²) in [7, 11) is -0.484. The number of nitrogens with one attached hydrogen (secondary N) is 2. The Morgan fingerprint density at radius 2 is 1.57 bits per heavy atom. The number of amidine groups is 1. The number of hydrogen-bond acceptors (Lipinski definition) is 7. The molecule has 0 unspecified atom stereocenters. The summed E-state index contributed by atoms with van der Waals surface area (Å²) in [4.78, 5) is 23.5. The first-order valence-electron chi connectivity index (χ1n) is 13.3. The van der Waals surface area contributed by atoms with Crippen molar-refractivity contribution < 1.29 is 44.7 Å². The third-order valence-electron chi connectivity index (χ3n) is 6.07. The van der Waals surface area contributed by atoms with Gasteiger partial charge in [0.15, 0.2) is 0 Å². The van der Waals surface area contributed by atoms with E-state index in [9.17, 15) is 40.0 Å². The number of hydrogen-bond donors (Lipinski definition) is 2. The molecule has 0 atom stereocenters. The third kappa shape index (κ3) is 11.3. The lowest BCUT2D eigenvalue weighted by atomic mass is 10.0. The lowest BCUT2D eigenvalue weighted by Gasteiger charge is -2.34. The van der Waals surface area contributed by atoms with Crippen LogP contribution in [-0.4, -0.2) is 87.5 Å². The van der Waals surface area contributed by atoms with Crippen LogP contribution in [0.15, 0.2) is 58.5 Å². The SMILES string of the molecule is C/C(=N\N(C)C)NC(=O)N1CCN(S(=O)(=O)c2ccc(OC(F)(F)F)cc2)CC1.CCC(F)(F)c1ccc(CNC=O)cc1. The van der Waals surface area contributed by atoms with E-state index in [0.29, 0.717) is 18.8 Å². The number of sulfonamides is 1. The van der Waals surface area contributed by atoms with Crippen molar-refractivity contribution in [2.45, 2.75) is 44.0 Å². The monoisotopic (exact) mass is 650 g/mol. The smallest absolute Gasteiger partial charge is 0.406 e. The molecule has 0 spiro atoms. The molecule has 244 valence electrons. The summed E-state index contributed by atoms with van der Waals surface area (Å²) in [5.74, 6) is -2.87. The molecule has 0 radical (unpaired) electrons. The number of ether oxygens (including phenoxy) is 1. The van der Waals surface area contributed by atoms with E-state index in [2.05, 4.69) is 20.5 Å². The molecule has 2 aromatic rings. The lowest BCUT2D eigenvalue weighted by molar-refractivity contribution is -0.274. The maximum Gasteiger partial charge on any atom is 0.573 e. The van der Waals surface area contributed by atoms with Gasteiger partial charge in [0.2, 0.25) is 16.4 Å². The highest BCUT2D eigenvalue weighted by molar-refractivity contribution is 7.89. The van der Waals surface area contributed by atoms with Gasteiger partial charge in [-0.05, 0) is 36.8 Å². The van der Waals surface area contributed by atoms with E-state index in [4.69, 9.17) is 0 Å². The number of nitrogens with zero attached hydrogens (tertiary/aromatic N) is 4. The second kappa shape index (κ2) is 15.7. The molecular formula is C27H35F5N6O5S. The second-order valence-corrected chi connectivity index (χ2v) is 11.6. The molecule has 0 bridgehead atoms. The van der Waals surface area contributed by atoms with E-state index >= 15 is 0 Å². The standard InChI is InChI=1S/C16H22F3N5O4S.C11H13F2NO/c1-12(21-22(2)3)20-15(25)23-8-10-24(11-9-23)29(26,27)14-6-4-13(5-7-14)28-16(17,18)19;1-2-11(12,13)10-5-3-9(4-6-10)7-14-8-15/h4-7H,8-11H2,1-3H3,(H,20,21,25);3-6,8H,2,7H2,1H3,(H,14,15). The van der Waals surface area contributed by atoms with Gasteiger partial charge in [0.05, 0.1) is 4.90 Å².